The molecular formula is C14H16N4O. The predicted molar refractivity (Wildman–Crippen MR) is 74.1 cm³/mol. The topological polar surface area (TPSA) is 83.8 Å². The Kier molecular flexibility index (Phi) is 2.74. The summed E-state index contributed by atoms with van der Waals surface area (Å²) in [5.41, 5.74) is 9.51. The molecule has 0 spiro atoms. The largest absolute Gasteiger partial charge is 0.399 e. The van der Waals surface area contributed by atoms with Crippen LogP contribution in [0.25, 0.3) is 0 Å². The lowest BCUT2D eigenvalue weighted by Crippen LogP contribution is -2.13. The summed E-state index contributed by atoms with van der Waals surface area (Å²) < 4.78 is 0. The summed E-state index contributed by atoms with van der Waals surface area (Å²) >= 11 is 0. The van der Waals surface area contributed by atoms with E-state index in [1.807, 2.05) is 25.1 Å². The van der Waals surface area contributed by atoms with Crippen molar-refractivity contribution in [1.82, 2.24) is 10.2 Å². The van der Waals surface area contributed by atoms with E-state index >= 15 is 0 Å². The molecule has 19 heavy (non-hydrogen) atoms. The van der Waals surface area contributed by atoms with Crippen molar-refractivity contribution in [1.29, 1.82) is 0 Å². The van der Waals surface area contributed by atoms with E-state index in [0.717, 1.165) is 16.9 Å². The fraction of sp³-hybridized carbons (Fsp3) is 0.286. The molecule has 1 aliphatic rings. The first-order valence-corrected chi connectivity index (χ1v) is 6.36. The molecule has 4 N–H and O–H groups in total. The monoisotopic (exact) mass is 256 g/mol. The number of amides is 1. The SMILES string of the molecule is Cc1ccc(N)cc1NC(=O)c1cc(C2CC2)[nH]n1. The van der Waals surface area contributed by atoms with Crippen molar-refractivity contribution in [3.63, 3.8) is 0 Å². The Labute approximate surface area is 111 Å². The third-order valence-electron chi connectivity index (χ3n) is 3.36. The zero-order chi connectivity index (χ0) is 13.4. The van der Waals surface area contributed by atoms with Crippen molar-refractivity contribution >= 4 is 17.3 Å². The lowest BCUT2D eigenvalue weighted by Gasteiger charge is -2.07. The number of hydrogen-bond donors (Lipinski definition) is 3. The van der Waals surface area contributed by atoms with E-state index in [9.17, 15) is 4.79 Å². The number of nitrogen functional groups attached to an aromatic ring is 1. The van der Waals surface area contributed by atoms with Crippen molar-refractivity contribution in [3.05, 3.63) is 41.2 Å². The quantitative estimate of drug-likeness (QED) is 0.737. The molecule has 0 unspecified atom stereocenters. The zero-order valence-corrected chi connectivity index (χ0v) is 10.7. The van der Waals surface area contributed by atoms with Gasteiger partial charge in [-0.3, -0.25) is 9.89 Å². The van der Waals surface area contributed by atoms with Crippen molar-refractivity contribution in [2.24, 2.45) is 0 Å². The summed E-state index contributed by atoms with van der Waals surface area (Å²) in [6.07, 6.45) is 2.36. The molecule has 5 nitrogen and oxygen atoms in total. The van der Waals surface area contributed by atoms with Crippen LogP contribution in [0.1, 0.15) is 40.5 Å². The van der Waals surface area contributed by atoms with Crippen molar-refractivity contribution in [2.75, 3.05) is 11.1 Å². The first-order valence-electron chi connectivity index (χ1n) is 6.36. The number of rotatable bonds is 3. The second-order valence-electron chi connectivity index (χ2n) is 5.01. The third kappa shape index (κ3) is 2.45. The second-order valence-corrected chi connectivity index (χ2v) is 5.01. The molecule has 0 radical (unpaired) electrons. The molecule has 3 rings (SSSR count). The number of aromatic amines is 1. The van der Waals surface area contributed by atoms with E-state index in [1.54, 1.807) is 6.07 Å². The van der Waals surface area contributed by atoms with Crippen LogP contribution in [-0.2, 0) is 0 Å². The molecule has 0 bridgehead atoms. The molecule has 5 heteroatoms. The van der Waals surface area contributed by atoms with Crippen molar-refractivity contribution in [2.45, 2.75) is 25.7 Å². The van der Waals surface area contributed by atoms with E-state index in [4.69, 9.17) is 5.73 Å². The Balaban J connectivity index is 1.77. The van der Waals surface area contributed by atoms with Gasteiger partial charge in [0.2, 0.25) is 0 Å². The van der Waals surface area contributed by atoms with Crippen molar-refractivity contribution < 1.29 is 4.79 Å². The maximum absolute atomic E-state index is 12.1. The average Bonchev–Trinajstić information content (AvgIpc) is 3.11. The van der Waals surface area contributed by atoms with Gasteiger partial charge in [-0.25, -0.2) is 0 Å². The van der Waals surface area contributed by atoms with Crippen LogP contribution in [-0.4, -0.2) is 16.1 Å². The van der Waals surface area contributed by atoms with Gasteiger partial charge in [-0.2, -0.15) is 5.10 Å². The Morgan fingerprint density at radius 1 is 1.42 bits per heavy atom. The van der Waals surface area contributed by atoms with Crippen LogP contribution in [0, 0.1) is 6.92 Å². The van der Waals surface area contributed by atoms with Gasteiger partial charge in [-0.15, -0.1) is 0 Å². The minimum Gasteiger partial charge on any atom is -0.399 e. The zero-order valence-electron chi connectivity index (χ0n) is 10.7. The highest BCUT2D eigenvalue weighted by atomic mass is 16.1. The van der Waals surface area contributed by atoms with Crippen LogP contribution >= 0.6 is 0 Å². The van der Waals surface area contributed by atoms with E-state index in [1.165, 1.54) is 12.8 Å². The third-order valence-corrected chi connectivity index (χ3v) is 3.36. The van der Waals surface area contributed by atoms with Crippen LogP contribution in [0.2, 0.25) is 0 Å². The van der Waals surface area contributed by atoms with Gasteiger partial charge < -0.3 is 11.1 Å². The highest BCUT2D eigenvalue weighted by Gasteiger charge is 2.26. The summed E-state index contributed by atoms with van der Waals surface area (Å²) in [5, 5.41) is 9.82. The summed E-state index contributed by atoms with van der Waals surface area (Å²) in [4.78, 5) is 12.1. The summed E-state index contributed by atoms with van der Waals surface area (Å²) in [6.45, 7) is 1.93. The molecule has 1 aromatic heterocycles. The number of aryl methyl sites for hydroxylation is 1. The normalized spacial score (nSPS) is 14.4. The molecule has 0 aliphatic heterocycles. The molecule has 1 fully saturated rings. The fourth-order valence-electron chi connectivity index (χ4n) is 2.02. The van der Waals surface area contributed by atoms with Gasteiger partial charge >= 0.3 is 0 Å². The van der Waals surface area contributed by atoms with E-state index in [-0.39, 0.29) is 5.91 Å². The highest BCUT2D eigenvalue weighted by molar-refractivity contribution is 6.03. The Hall–Kier alpha value is -2.30. The van der Waals surface area contributed by atoms with Crippen LogP contribution in [0.5, 0.6) is 0 Å². The average molecular weight is 256 g/mol. The Bertz CT molecular complexity index is 628. The predicted octanol–water partition coefficient (Wildman–Crippen LogP) is 2.43. The van der Waals surface area contributed by atoms with Gasteiger partial charge in [-0.1, -0.05) is 6.07 Å². The summed E-state index contributed by atoms with van der Waals surface area (Å²) in [7, 11) is 0. The standard InChI is InChI=1S/C14H16N4O/c1-8-2-5-10(15)6-11(8)16-14(19)13-7-12(17-18-13)9-3-4-9/h2,5-7,9H,3-4,15H2,1H3,(H,16,19)(H,17,18). The number of nitrogens with one attached hydrogen (secondary N) is 2. The van der Waals surface area contributed by atoms with E-state index in [0.29, 0.717) is 17.3 Å². The molecule has 1 heterocycles. The number of benzene rings is 1. The van der Waals surface area contributed by atoms with E-state index < -0.39 is 0 Å². The van der Waals surface area contributed by atoms with Crippen LogP contribution in [0.15, 0.2) is 24.3 Å². The number of H-pyrrole nitrogens is 1. The molecule has 1 amide bonds. The second kappa shape index (κ2) is 4.42. The fourth-order valence-corrected chi connectivity index (χ4v) is 2.02. The Morgan fingerprint density at radius 3 is 2.95 bits per heavy atom. The number of aromatic nitrogens is 2. The van der Waals surface area contributed by atoms with E-state index in [2.05, 4.69) is 15.5 Å². The van der Waals surface area contributed by atoms with Gasteiger partial charge in [-0.05, 0) is 43.5 Å². The summed E-state index contributed by atoms with van der Waals surface area (Å²) in [6, 6.07) is 7.27. The lowest BCUT2D eigenvalue weighted by molar-refractivity contribution is 0.102. The minimum atomic E-state index is -0.211. The smallest absolute Gasteiger partial charge is 0.276 e. The molecule has 1 aromatic carbocycles. The number of carbonyl (C=O) groups excluding carboxylic acids is 1. The van der Waals surface area contributed by atoms with Gasteiger partial charge in [0.1, 0.15) is 0 Å². The molecule has 1 saturated carbocycles. The minimum absolute atomic E-state index is 0.211. The number of anilines is 2. The maximum atomic E-state index is 12.1. The molecule has 2 aromatic rings. The van der Waals surface area contributed by atoms with Gasteiger partial charge in [0.05, 0.1) is 0 Å². The van der Waals surface area contributed by atoms with Gasteiger partial charge in [0.15, 0.2) is 5.69 Å². The summed E-state index contributed by atoms with van der Waals surface area (Å²) in [5.74, 6) is 0.347. The number of nitrogens with two attached hydrogens (primary N) is 1. The van der Waals surface area contributed by atoms with Crippen molar-refractivity contribution in [3.8, 4) is 0 Å². The number of carbonyl (C=O) groups is 1. The van der Waals surface area contributed by atoms with Gasteiger partial charge in [0.25, 0.3) is 5.91 Å². The van der Waals surface area contributed by atoms with Crippen LogP contribution < -0.4 is 11.1 Å². The number of hydrogen-bond acceptors (Lipinski definition) is 3. The molecule has 1 aliphatic carbocycles. The number of nitrogens with zero attached hydrogens (tertiary/aromatic N) is 1. The van der Waals surface area contributed by atoms with Gasteiger partial charge in [0, 0.05) is 23.0 Å². The maximum Gasteiger partial charge on any atom is 0.276 e. The first kappa shape index (κ1) is 11.8. The molecule has 0 atom stereocenters. The molecule has 98 valence electrons. The Morgan fingerprint density at radius 2 is 2.21 bits per heavy atom. The first-order chi connectivity index (χ1) is 9.13. The molecular weight excluding hydrogens is 240 g/mol. The molecule has 0 saturated heterocycles. The highest BCUT2D eigenvalue weighted by Crippen LogP contribution is 2.39. The van der Waals surface area contributed by atoms with Crippen LogP contribution in [0.4, 0.5) is 11.4 Å². The van der Waals surface area contributed by atoms with Crippen LogP contribution in [0.3, 0.4) is 0 Å². The lowest BCUT2D eigenvalue weighted by atomic mass is 10.1.